The second-order valence-corrected chi connectivity index (χ2v) is 15.1. The largest absolute Gasteiger partial charge is 0.370 e. The third-order valence-corrected chi connectivity index (χ3v) is 9.71. The van der Waals surface area contributed by atoms with Crippen molar-refractivity contribution in [2.45, 2.75) is 95.5 Å². The summed E-state index contributed by atoms with van der Waals surface area (Å²) >= 11 is 0. The standard InChI is InChI=1S/C41H57N13O6/c1-23(2)16-33(53-36(56)24(3)50-37(57)29(42)18-26-20-48-30-13-8-7-12-28(26)30)39(59)51-31(14-9-15-47-41(44)45)38(58)54-34(17-25-10-5-4-6-11-25)40(60)52-32(35(43)55)19-27-21-46-22-49-27/h4-8,10-13,20-24,29,31-34,48H,9,14-19,42H2,1-3H3,(H2,43,55)(H,46,49)(H,50,57)(H,51,59)(H,52,60)(H,53,56)(H,54,58)(H4,44,45,47)/t24-,29-,31-,32-,33-,34-/m0/s1. The SMILES string of the molecule is CC(C)C[C@H](NC(=O)[C@H](C)NC(=O)[C@@H](N)Cc1c[nH]c2ccccc12)C(=O)N[C@@H](CCCNC(=N)N)C(=O)N[C@@H](Cc1ccccc1)C(=O)N[C@@H](Cc1c[nH]cn1)C(N)=O. The van der Waals surface area contributed by atoms with Crippen LogP contribution in [0.1, 0.15) is 56.9 Å². The summed E-state index contributed by atoms with van der Waals surface area (Å²) in [5.74, 6) is -4.46. The Morgan fingerprint density at radius 1 is 0.717 bits per heavy atom. The summed E-state index contributed by atoms with van der Waals surface area (Å²) in [5.41, 5.74) is 20.2. The van der Waals surface area contributed by atoms with Crippen LogP contribution in [0.2, 0.25) is 0 Å². The quantitative estimate of drug-likeness (QED) is 0.0258. The Hall–Kier alpha value is -6.76. The molecule has 19 heteroatoms. The summed E-state index contributed by atoms with van der Waals surface area (Å²) in [6, 6.07) is 9.77. The van der Waals surface area contributed by atoms with Crippen molar-refractivity contribution >= 4 is 52.3 Å². The molecule has 2 aromatic carbocycles. The van der Waals surface area contributed by atoms with Gasteiger partial charge in [0.2, 0.25) is 35.4 Å². The molecule has 19 nitrogen and oxygen atoms in total. The van der Waals surface area contributed by atoms with E-state index >= 15 is 0 Å². The lowest BCUT2D eigenvalue weighted by Crippen LogP contribution is -2.59. The van der Waals surface area contributed by atoms with Crippen molar-refractivity contribution in [3.63, 3.8) is 0 Å². The first kappa shape index (κ1) is 45.9. The van der Waals surface area contributed by atoms with E-state index in [1.54, 1.807) is 42.7 Å². The van der Waals surface area contributed by atoms with Gasteiger partial charge in [-0.05, 0) is 55.7 Å². The predicted octanol–water partition coefficient (Wildman–Crippen LogP) is -0.515. The number of benzene rings is 2. The number of amides is 6. The van der Waals surface area contributed by atoms with Crippen molar-refractivity contribution < 1.29 is 28.8 Å². The summed E-state index contributed by atoms with van der Waals surface area (Å²) in [6.07, 6.45) is 5.52. The molecule has 0 bridgehead atoms. The molecule has 0 radical (unpaired) electrons. The number of guanidine groups is 1. The predicted molar refractivity (Wildman–Crippen MR) is 226 cm³/mol. The van der Waals surface area contributed by atoms with Crippen LogP contribution in [0.4, 0.5) is 0 Å². The number of fused-ring (bicyclic) bond motifs is 1. The summed E-state index contributed by atoms with van der Waals surface area (Å²) in [4.78, 5) is 90.8. The van der Waals surface area contributed by atoms with E-state index in [1.807, 2.05) is 38.1 Å². The van der Waals surface area contributed by atoms with Gasteiger partial charge in [-0.1, -0.05) is 62.4 Å². The van der Waals surface area contributed by atoms with E-state index in [4.69, 9.17) is 22.6 Å². The molecule has 2 aromatic heterocycles. The fourth-order valence-corrected chi connectivity index (χ4v) is 6.52. The third-order valence-electron chi connectivity index (χ3n) is 9.71. The Morgan fingerprint density at radius 3 is 2.02 bits per heavy atom. The van der Waals surface area contributed by atoms with Gasteiger partial charge in [0.05, 0.1) is 18.1 Å². The van der Waals surface area contributed by atoms with E-state index in [2.05, 4.69) is 46.9 Å². The highest BCUT2D eigenvalue weighted by molar-refractivity contribution is 5.96. The van der Waals surface area contributed by atoms with Gasteiger partial charge in [-0.3, -0.25) is 34.2 Å². The number of imidazole rings is 1. The molecular weight excluding hydrogens is 771 g/mol. The molecule has 322 valence electrons. The Kier molecular flexibility index (Phi) is 17.2. The fourth-order valence-electron chi connectivity index (χ4n) is 6.52. The summed E-state index contributed by atoms with van der Waals surface area (Å²) in [7, 11) is 0. The zero-order valence-corrected chi connectivity index (χ0v) is 34.0. The van der Waals surface area contributed by atoms with E-state index < -0.39 is 71.7 Å². The van der Waals surface area contributed by atoms with Crippen LogP contribution < -0.4 is 49.1 Å². The minimum Gasteiger partial charge on any atom is -0.370 e. The van der Waals surface area contributed by atoms with Crippen molar-refractivity contribution in [1.29, 1.82) is 5.41 Å². The molecule has 4 rings (SSSR count). The van der Waals surface area contributed by atoms with E-state index in [0.717, 1.165) is 16.5 Å². The molecule has 2 heterocycles. The van der Waals surface area contributed by atoms with E-state index in [9.17, 15) is 28.8 Å². The number of nitrogens with zero attached hydrogens (tertiary/aromatic N) is 1. The lowest BCUT2D eigenvalue weighted by Gasteiger charge is -2.27. The van der Waals surface area contributed by atoms with Crippen LogP contribution in [0.5, 0.6) is 0 Å². The Labute approximate surface area is 348 Å². The number of para-hydroxylation sites is 1. The molecule has 0 aliphatic carbocycles. The van der Waals surface area contributed by atoms with Gasteiger partial charge in [-0.25, -0.2) is 4.98 Å². The molecule has 0 aliphatic rings. The monoisotopic (exact) mass is 827 g/mol. The normalized spacial score (nSPS) is 14.2. The molecule has 60 heavy (non-hydrogen) atoms. The topological polar surface area (TPSA) is 321 Å². The third kappa shape index (κ3) is 14.3. The maximum Gasteiger partial charge on any atom is 0.243 e. The summed E-state index contributed by atoms with van der Waals surface area (Å²) < 4.78 is 0. The average Bonchev–Trinajstić information content (AvgIpc) is 3.88. The van der Waals surface area contributed by atoms with Crippen molar-refractivity contribution in [2.75, 3.05) is 6.54 Å². The molecule has 0 unspecified atom stereocenters. The van der Waals surface area contributed by atoms with E-state index in [1.165, 1.54) is 13.3 Å². The van der Waals surface area contributed by atoms with Gasteiger partial charge >= 0.3 is 0 Å². The molecule has 0 fully saturated rings. The second kappa shape index (κ2) is 22.4. The van der Waals surface area contributed by atoms with Crippen LogP contribution in [-0.4, -0.2) is 99.2 Å². The Balaban J connectivity index is 1.47. The van der Waals surface area contributed by atoms with Gasteiger partial charge < -0.3 is 59.1 Å². The van der Waals surface area contributed by atoms with Gasteiger partial charge in [-0.15, -0.1) is 0 Å². The van der Waals surface area contributed by atoms with Gasteiger partial charge in [0.1, 0.15) is 30.2 Å². The number of nitrogens with two attached hydrogens (primary N) is 3. The van der Waals surface area contributed by atoms with Gasteiger partial charge in [-0.2, -0.15) is 0 Å². The van der Waals surface area contributed by atoms with Gasteiger partial charge in [0.25, 0.3) is 0 Å². The first-order valence-corrected chi connectivity index (χ1v) is 19.8. The smallest absolute Gasteiger partial charge is 0.243 e. The number of carbonyl (C=O) groups excluding carboxylic acids is 6. The fraction of sp³-hybridized carbons (Fsp3) is 0.415. The van der Waals surface area contributed by atoms with Crippen LogP contribution in [-0.2, 0) is 48.0 Å². The number of aromatic amines is 2. The van der Waals surface area contributed by atoms with Gasteiger partial charge in [0.15, 0.2) is 5.96 Å². The Bertz CT molecular complexity index is 2070. The van der Waals surface area contributed by atoms with Crippen LogP contribution >= 0.6 is 0 Å². The second-order valence-electron chi connectivity index (χ2n) is 15.1. The highest BCUT2D eigenvalue weighted by Gasteiger charge is 2.32. The molecular formula is C41H57N13O6. The number of hydrogen-bond acceptors (Lipinski definition) is 9. The lowest BCUT2D eigenvalue weighted by atomic mass is 10.0. The first-order valence-electron chi connectivity index (χ1n) is 19.8. The zero-order chi connectivity index (χ0) is 43.8. The lowest BCUT2D eigenvalue weighted by molar-refractivity contribution is -0.135. The molecule has 6 atom stereocenters. The van der Waals surface area contributed by atoms with Crippen LogP contribution in [0.3, 0.4) is 0 Å². The number of aromatic nitrogens is 3. The maximum absolute atomic E-state index is 14.1. The first-order chi connectivity index (χ1) is 28.6. The molecule has 6 amide bonds. The minimum absolute atomic E-state index is 0.00147. The molecule has 0 aliphatic heterocycles. The zero-order valence-electron chi connectivity index (χ0n) is 34.0. The van der Waals surface area contributed by atoms with E-state index in [0.29, 0.717) is 11.3 Å². The highest BCUT2D eigenvalue weighted by atomic mass is 16.2. The van der Waals surface area contributed by atoms with Crippen LogP contribution in [0.15, 0.2) is 73.3 Å². The van der Waals surface area contributed by atoms with Gasteiger partial charge in [0, 0.05) is 42.7 Å². The van der Waals surface area contributed by atoms with Crippen molar-refractivity contribution in [2.24, 2.45) is 23.1 Å². The maximum atomic E-state index is 14.1. The number of rotatable bonds is 23. The number of primary amides is 1. The van der Waals surface area contributed by atoms with Crippen molar-refractivity contribution in [3.05, 3.63) is 90.1 Å². The van der Waals surface area contributed by atoms with E-state index in [-0.39, 0.29) is 56.9 Å². The van der Waals surface area contributed by atoms with Crippen molar-refractivity contribution in [3.8, 4) is 0 Å². The number of hydrogen-bond donors (Lipinski definition) is 12. The number of carbonyl (C=O) groups is 6. The molecule has 4 aromatic rings. The Morgan fingerprint density at radius 2 is 1.35 bits per heavy atom. The highest BCUT2D eigenvalue weighted by Crippen LogP contribution is 2.19. The molecule has 0 spiro atoms. The molecule has 15 N–H and O–H groups in total. The molecule has 0 saturated carbocycles. The minimum atomic E-state index is -1.22. The number of H-pyrrole nitrogens is 2. The van der Waals surface area contributed by atoms with Crippen molar-refractivity contribution in [1.82, 2.24) is 46.9 Å². The van der Waals surface area contributed by atoms with Crippen LogP contribution in [0, 0.1) is 11.3 Å². The summed E-state index contributed by atoms with van der Waals surface area (Å²) in [6.45, 7) is 5.39. The summed E-state index contributed by atoms with van der Waals surface area (Å²) in [5, 5.41) is 24.6. The average molecular weight is 828 g/mol. The molecule has 0 saturated heterocycles. The van der Waals surface area contributed by atoms with Crippen LogP contribution in [0.25, 0.3) is 10.9 Å². The number of nitrogens with one attached hydrogen (secondary N) is 9.